The van der Waals surface area contributed by atoms with E-state index in [0.717, 1.165) is 36.6 Å². The van der Waals surface area contributed by atoms with Crippen LogP contribution in [0, 0.1) is 0 Å². The van der Waals surface area contributed by atoms with E-state index in [1.807, 2.05) is 30.3 Å². The van der Waals surface area contributed by atoms with Gasteiger partial charge in [0, 0.05) is 30.2 Å². The van der Waals surface area contributed by atoms with Crippen molar-refractivity contribution in [3.8, 4) is 10.6 Å². The first-order chi connectivity index (χ1) is 12.7. The highest BCUT2D eigenvalue weighted by molar-refractivity contribution is 7.13. The van der Waals surface area contributed by atoms with E-state index in [0.29, 0.717) is 11.4 Å². The van der Waals surface area contributed by atoms with Crippen molar-refractivity contribution >= 4 is 34.7 Å². The van der Waals surface area contributed by atoms with Gasteiger partial charge >= 0.3 is 0 Å². The molecule has 0 unspecified atom stereocenters. The van der Waals surface area contributed by atoms with E-state index in [2.05, 4.69) is 37.9 Å². The molecule has 2 N–H and O–H groups in total. The molecule has 3 heterocycles. The van der Waals surface area contributed by atoms with Gasteiger partial charge in [-0.1, -0.05) is 29.8 Å². The van der Waals surface area contributed by atoms with Crippen LogP contribution in [0.4, 0.5) is 5.82 Å². The fourth-order valence-corrected chi connectivity index (χ4v) is 4.00. The molecule has 0 bridgehead atoms. The number of carbonyl (C=O) groups is 1. The number of anilines is 1. The number of thiophene rings is 1. The lowest BCUT2D eigenvalue weighted by molar-refractivity contribution is -0.121. The Hall–Kier alpha value is -2.31. The molecule has 0 radical (unpaired) electrons. The minimum absolute atomic E-state index is 0.0421. The van der Waals surface area contributed by atoms with Crippen LogP contribution in [0.2, 0.25) is 5.02 Å². The maximum absolute atomic E-state index is 12.3. The molecule has 0 spiro atoms. The molecule has 26 heavy (non-hydrogen) atoms. The summed E-state index contributed by atoms with van der Waals surface area (Å²) in [4.78, 5) is 15.7. The first kappa shape index (κ1) is 17.1. The van der Waals surface area contributed by atoms with Crippen molar-refractivity contribution in [3.63, 3.8) is 0 Å². The van der Waals surface area contributed by atoms with Crippen LogP contribution in [-0.4, -0.2) is 35.2 Å². The number of carbonyl (C=O) groups excluding carboxylic acids is 1. The second-order valence-electron chi connectivity index (χ2n) is 6.42. The lowest BCUT2D eigenvalue weighted by Gasteiger charge is -2.16. The SMILES string of the molecule is O=C(Cc1ccc(Cl)cc1)N[C@@H]1CCN(c2cc(-c3cccs3)[nH]n2)C1. The van der Waals surface area contributed by atoms with E-state index >= 15 is 0 Å². The zero-order valence-corrected chi connectivity index (χ0v) is 15.7. The molecular formula is C19H19ClN4OS. The first-order valence-electron chi connectivity index (χ1n) is 8.55. The molecule has 4 rings (SSSR count). The van der Waals surface area contributed by atoms with Gasteiger partial charge in [-0.3, -0.25) is 9.89 Å². The van der Waals surface area contributed by atoms with Gasteiger partial charge in [-0.15, -0.1) is 11.3 Å². The summed E-state index contributed by atoms with van der Waals surface area (Å²) in [6, 6.07) is 13.7. The van der Waals surface area contributed by atoms with Gasteiger partial charge in [-0.2, -0.15) is 5.10 Å². The summed E-state index contributed by atoms with van der Waals surface area (Å²) < 4.78 is 0. The fourth-order valence-electron chi connectivity index (χ4n) is 3.18. The van der Waals surface area contributed by atoms with Crippen molar-refractivity contribution in [2.45, 2.75) is 18.9 Å². The molecule has 0 saturated carbocycles. The third-order valence-electron chi connectivity index (χ3n) is 4.51. The Morgan fingerprint density at radius 3 is 2.96 bits per heavy atom. The summed E-state index contributed by atoms with van der Waals surface area (Å²) in [5.41, 5.74) is 2.00. The number of halogens is 1. The van der Waals surface area contributed by atoms with Crippen molar-refractivity contribution in [1.29, 1.82) is 0 Å². The second kappa shape index (κ2) is 7.51. The van der Waals surface area contributed by atoms with Crippen molar-refractivity contribution in [2.24, 2.45) is 0 Å². The van der Waals surface area contributed by atoms with Gasteiger partial charge in [0.05, 0.1) is 17.0 Å². The Kier molecular flexibility index (Phi) is 4.95. The van der Waals surface area contributed by atoms with Crippen molar-refractivity contribution in [3.05, 3.63) is 58.4 Å². The molecule has 1 amide bonds. The normalized spacial score (nSPS) is 16.8. The molecule has 2 aromatic heterocycles. The molecule has 1 saturated heterocycles. The third-order valence-corrected chi connectivity index (χ3v) is 5.66. The summed E-state index contributed by atoms with van der Waals surface area (Å²) >= 11 is 7.57. The lowest BCUT2D eigenvalue weighted by atomic mass is 10.1. The van der Waals surface area contributed by atoms with E-state index in [1.165, 1.54) is 4.88 Å². The number of amides is 1. The number of aromatic amines is 1. The van der Waals surface area contributed by atoms with Gasteiger partial charge in [0.15, 0.2) is 5.82 Å². The highest BCUT2D eigenvalue weighted by Gasteiger charge is 2.25. The highest BCUT2D eigenvalue weighted by Crippen LogP contribution is 2.27. The average molecular weight is 387 g/mol. The summed E-state index contributed by atoms with van der Waals surface area (Å²) in [5, 5.41) is 13.4. The predicted molar refractivity (Wildman–Crippen MR) is 106 cm³/mol. The topological polar surface area (TPSA) is 61.0 Å². The summed E-state index contributed by atoms with van der Waals surface area (Å²) in [5.74, 6) is 0.975. The molecule has 0 aliphatic carbocycles. The van der Waals surface area contributed by atoms with Crippen molar-refractivity contribution in [1.82, 2.24) is 15.5 Å². The maximum atomic E-state index is 12.3. The van der Waals surface area contributed by atoms with Crippen molar-refractivity contribution in [2.75, 3.05) is 18.0 Å². The number of hydrogen-bond donors (Lipinski definition) is 2. The first-order valence-corrected chi connectivity index (χ1v) is 9.81. The number of nitrogens with zero attached hydrogens (tertiary/aromatic N) is 2. The smallest absolute Gasteiger partial charge is 0.224 e. The van der Waals surface area contributed by atoms with Crippen LogP contribution in [0.15, 0.2) is 47.8 Å². The Morgan fingerprint density at radius 1 is 1.35 bits per heavy atom. The van der Waals surface area contributed by atoms with Crippen LogP contribution in [0.1, 0.15) is 12.0 Å². The summed E-state index contributed by atoms with van der Waals surface area (Å²) in [6.07, 6.45) is 1.30. The van der Waals surface area contributed by atoms with Crippen LogP contribution < -0.4 is 10.2 Å². The monoisotopic (exact) mass is 386 g/mol. The standard InChI is InChI=1S/C19H19ClN4OS/c20-14-5-3-13(4-6-14)10-19(25)21-15-7-8-24(12-15)18-11-16(22-23-18)17-2-1-9-26-17/h1-6,9,11,15H,7-8,10,12H2,(H,21,25)(H,22,23)/t15-/m1/s1. The van der Waals surface area contributed by atoms with E-state index in [9.17, 15) is 4.79 Å². The van der Waals surface area contributed by atoms with Gasteiger partial charge < -0.3 is 10.2 Å². The zero-order valence-electron chi connectivity index (χ0n) is 14.1. The molecule has 134 valence electrons. The Morgan fingerprint density at radius 2 is 2.19 bits per heavy atom. The van der Waals surface area contributed by atoms with Gasteiger partial charge in [0.2, 0.25) is 5.91 Å². The molecule has 7 heteroatoms. The number of H-pyrrole nitrogens is 1. The zero-order chi connectivity index (χ0) is 17.9. The Labute approximate surface area is 161 Å². The van der Waals surface area contributed by atoms with Gasteiger partial charge in [0.25, 0.3) is 0 Å². The molecule has 5 nitrogen and oxygen atoms in total. The predicted octanol–water partition coefficient (Wildman–Crippen LogP) is 3.73. The minimum Gasteiger partial charge on any atom is -0.353 e. The van der Waals surface area contributed by atoms with Gasteiger partial charge in [-0.05, 0) is 35.6 Å². The summed E-state index contributed by atoms with van der Waals surface area (Å²) in [7, 11) is 0. The molecular weight excluding hydrogens is 368 g/mol. The molecule has 1 aliphatic heterocycles. The largest absolute Gasteiger partial charge is 0.353 e. The van der Waals surface area contributed by atoms with E-state index in [1.54, 1.807) is 11.3 Å². The number of rotatable bonds is 5. The molecule has 1 aromatic carbocycles. The Balaban J connectivity index is 1.32. The number of hydrogen-bond acceptors (Lipinski definition) is 4. The highest BCUT2D eigenvalue weighted by atomic mass is 35.5. The second-order valence-corrected chi connectivity index (χ2v) is 7.80. The average Bonchev–Trinajstić information content (AvgIpc) is 3.37. The van der Waals surface area contributed by atoms with Crippen LogP contribution in [-0.2, 0) is 11.2 Å². The molecule has 3 aromatic rings. The quantitative estimate of drug-likeness (QED) is 0.702. The van der Waals surface area contributed by atoms with Crippen molar-refractivity contribution < 1.29 is 4.79 Å². The molecule has 1 fully saturated rings. The van der Waals surface area contributed by atoms with E-state index < -0.39 is 0 Å². The van der Waals surface area contributed by atoms with Crippen LogP contribution in [0.3, 0.4) is 0 Å². The Bertz CT molecular complexity index is 875. The van der Waals surface area contributed by atoms with Crippen LogP contribution in [0.5, 0.6) is 0 Å². The third kappa shape index (κ3) is 3.92. The fraction of sp³-hybridized carbons (Fsp3) is 0.263. The number of aromatic nitrogens is 2. The maximum Gasteiger partial charge on any atom is 0.224 e. The number of benzene rings is 1. The molecule has 1 atom stereocenters. The van der Waals surface area contributed by atoms with Crippen LogP contribution in [0.25, 0.3) is 10.6 Å². The van der Waals surface area contributed by atoms with Crippen LogP contribution >= 0.6 is 22.9 Å². The number of nitrogens with one attached hydrogen (secondary N) is 2. The van der Waals surface area contributed by atoms with Gasteiger partial charge in [0.1, 0.15) is 0 Å². The van der Waals surface area contributed by atoms with Gasteiger partial charge in [-0.25, -0.2) is 0 Å². The summed E-state index contributed by atoms with van der Waals surface area (Å²) in [6.45, 7) is 1.67. The van der Waals surface area contributed by atoms with E-state index in [-0.39, 0.29) is 11.9 Å². The minimum atomic E-state index is 0.0421. The molecule has 1 aliphatic rings. The lowest BCUT2D eigenvalue weighted by Crippen LogP contribution is -2.38. The van der Waals surface area contributed by atoms with E-state index in [4.69, 9.17) is 11.6 Å².